The summed E-state index contributed by atoms with van der Waals surface area (Å²) in [4.78, 5) is 2.33. The molecule has 2 rings (SSSR count). The summed E-state index contributed by atoms with van der Waals surface area (Å²) < 4.78 is 34.5. The number of nitrogens with zero attached hydrogens (tertiary/aromatic N) is 1. The number of hydrogen-bond acceptors (Lipinski definition) is 3. The monoisotopic (exact) mass is 299 g/mol. The number of halogens is 2. The number of likely N-dealkylation sites (tertiary alicyclic amines) is 1. The number of rotatable bonds is 8. The Bertz CT molecular complexity index is 428. The molecule has 5 heteroatoms. The molecule has 0 aromatic heterocycles. The van der Waals surface area contributed by atoms with Crippen molar-refractivity contribution in [3.63, 3.8) is 0 Å². The maximum absolute atomic E-state index is 12.2. The molecule has 0 aliphatic carbocycles. The zero-order valence-electron chi connectivity index (χ0n) is 12.4. The Hall–Kier alpha value is -1.20. The highest BCUT2D eigenvalue weighted by Crippen LogP contribution is 2.21. The summed E-state index contributed by atoms with van der Waals surface area (Å²) in [5.41, 5.74) is 1.00. The Labute approximate surface area is 124 Å². The van der Waals surface area contributed by atoms with Crippen LogP contribution >= 0.6 is 0 Å². The molecule has 0 amide bonds. The van der Waals surface area contributed by atoms with Gasteiger partial charge < -0.3 is 9.47 Å². The van der Waals surface area contributed by atoms with Gasteiger partial charge in [0, 0.05) is 19.7 Å². The van der Waals surface area contributed by atoms with Gasteiger partial charge in [-0.25, -0.2) is 0 Å². The molecule has 1 aromatic carbocycles. The van der Waals surface area contributed by atoms with Gasteiger partial charge in [0.15, 0.2) is 0 Å². The highest BCUT2D eigenvalue weighted by Gasteiger charge is 2.22. The first-order chi connectivity index (χ1) is 10.2. The van der Waals surface area contributed by atoms with Crippen LogP contribution in [0.3, 0.4) is 0 Å². The van der Waals surface area contributed by atoms with E-state index in [-0.39, 0.29) is 5.75 Å². The Morgan fingerprint density at radius 2 is 2.24 bits per heavy atom. The van der Waals surface area contributed by atoms with Gasteiger partial charge in [0.1, 0.15) is 5.75 Å². The van der Waals surface area contributed by atoms with E-state index >= 15 is 0 Å². The van der Waals surface area contributed by atoms with Crippen LogP contribution in [-0.2, 0) is 11.3 Å². The highest BCUT2D eigenvalue weighted by atomic mass is 19.3. The van der Waals surface area contributed by atoms with E-state index in [1.165, 1.54) is 0 Å². The predicted molar refractivity (Wildman–Crippen MR) is 77.6 cm³/mol. The molecule has 1 aliphatic rings. The van der Waals surface area contributed by atoms with Gasteiger partial charge in [-0.15, -0.1) is 0 Å². The molecule has 1 atom stereocenters. The van der Waals surface area contributed by atoms with Crippen molar-refractivity contribution in [1.82, 2.24) is 4.90 Å². The van der Waals surface area contributed by atoms with Crippen LogP contribution in [0.25, 0.3) is 0 Å². The van der Waals surface area contributed by atoms with Gasteiger partial charge in [0.05, 0.1) is 6.61 Å². The van der Waals surface area contributed by atoms with Crippen molar-refractivity contribution in [2.75, 3.05) is 26.3 Å². The fourth-order valence-corrected chi connectivity index (χ4v) is 2.67. The molecule has 1 aromatic rings. The van der Waals surface area contributed by atoms with Crippen LogP contribution in [0.4, 0.5) is 8.78 Å². The quantitative estimate of drug-likeness (QED) is 0.685. The lowest BCUT2D eigenvalue weighted by molar-refractivity contribution is -0.0499. The minimum Gasteiger partial charge on any atom is -0.435 e. The fraction of sp³-hybridized carbons (Fsp3) is 0.625. The molecular weight excluding hydrogens is 276 g/mol. The summed E-state index contributed by atoms with van der Waals surface area (Å²) in [7, 11) is 0. The van der Waals surface area contributed by atoms with Crippen LogP contribution < -0.4 is 4.74 Å². The highest BCUT2D eigenvalue weighted by molar-refractivity contribution is 5.28. The van der Waals surface area contributed by atoms with Crippen molar-refractivity contribution in [2.45, 2.75) is 32.9 Å². The van der Waals surface area contributed by atoms with Crippen molar-refractivity contribution in [3.8, 4) is 5.75 Å². The smallest absolute Gasteiger partial charge is 0.387 e. The fourth-order valence-electron chi connectivity index (χ4n) is 2.67. The number of benzene rings is 1. The van der Waals surface area contributed by atoms with E-state index in [4.69, 9.17) is 4.74 Å². The normalized spacial score (nSPS) is 19.3. The topological polar surface area (TPSA) is 21.7 Å². The maximum atomic E-state index is 12.2. The van der Waals surface area contributed by atoms with Crippen LogP contribution in [0.5, 0.6) is 5.75 Å². The van der Waals surface area contributed by atoms with Gasteiger partial charge in [0.2, 0.25) is 0 Å². The molecule has 0 bridgehead atoms. The SMILES string of the molecule is CCCOC[C@@H]1CCN(Cc2cccc(OC(F)F)c2)C1. The Morgan fingerprint density at radius 3 is 3.00 bits per heavy atom. The molecular formula is C16H23F2NO2. The minimum absolute atomic E-state index is 0.226. The van der Waals surface area contributed by atoms with E-state index in [0.717, 1.165) is 51.3 Å². The van der Waals surface area contributed by atoms with Crippen LogP contribution in [0.1, 0.15) is 25.3 Å². The second kappa shape index (κ2) is 8.29. The zero-order chi connectivity index (χ0) is 15.1. The first-order valence-electron chi connectivity index (χ1n) is 7.51. The van der Waals surface area contributed by atoms with Crippen LogP contribution in [-0.4, -0.2) is 37.8 Å². The summed E-state index contributed by atoms with van der Waals surface area (Å²) in [5, 5.41) is 0. The largest absolute Gasteiger partial charge is 0.435 e. The minimum atomic E-state index is -2.77. The van der Waals surface area contributed by atoms with Crippen molar-refractivity contribution in [2.24, 2.45) is 5.92 Å². The van der Waals surface area contributed by atoms with Crippen molar-refractivity contribution in [1.29, 1.82) is 0 Å². The van der Waals surface area contributed by atoms with Gasteiger partial charge in [-0.05, 0) is 43.0 Å². The van der Waals surface area contributed by atoms with Crippen molar-refractivity contribution < 1.29 is 18.3 Å². The third-order valence-corrected chi connectivity index (χ3v) is 3.60. The van der Waals surface area contributed by atoms with Crippen molar-refractivity contribution in [3.05, 3.63) is 29.8 Å². The average Bonchev–Trinajstić information content (AvgIpc) is 2.86. The van der Waals surface area contributed by atoms with Gasteiger partial charge in [-0.1, -0.05) is 19.1 Å². The second-order valence-corrected chi connectivity index (χ2v) is 5.49. The van der Waals surface area contributed by atoms with E-state index in [2.05, 4.69) is 16.6 Å². The first-order valence-corrected chi connectivity index (χ1v) is 7.51. The molecule has 1 heterocycles. The molecule has 0 unspecified atom stereocenters. The van der Waals surface area contributed by atoms with E-state index in [1.807, 2.05) is 6.07 Å². The predicted octanol–water partition coefficient (Wildman–Crippen LogP) is 3.54. The summed E-state index contributed by atoms with van der Waals surface area (Å²) in [6.07, 6.45) is 2.18. The third-order valence-electron chi connectivity index (χ3n) is 3.60. The third kappa shape index (κ3) is 5.59. The van der Waals surface area contributed by atoms with E-state index < -0.39 is 6.61 Å². The maximum Gasteiger partial charge on any atom is 0.387 e. The first kappa shape index (κ1) is 16.2. The molecule has 118 valence electrons. The molecule has 1 saturated heterocycles. The molecule has 21 heavy (non-hydrogen) atoms. The molecule has 0 spiro atoms. The summed E-state index contributed by atoms with van der Waals surface area (Å²) in [5.74, 6) is 0.807. The summed E-state index contributed by atoms with van der Waals surface area (Å²) >= 11 is 0. The van der Waals surface area contributed by atoms with Gasteiger partial charge >= 0.3 is 6.61 Å². The molecule has 0 saturated carbocycles. The molecule has 3 nitrogen and oxygen atoms in total. The Balaban J connectivity index is 1.80. The van der Waals surface area contributed by atoms with E-state index in [9.17, 15) is 8.78 Å². The molecule has 1 aliphatic heterocycles. The molecule has 0 N–H and O–H groups in total. The molecule has 1 fully saturated rings. The summed E-state index contributed by atoms with van der Waals surface area (Å²) in [6, 6.07) is 6.94. The second-order valence-electron chi connectivity index (χ2n) is 5.49. The lowest BCUT2D eigenvalue weighted by Crippen LogP contribution is -2.21. The number of alkyl halides is 2. The zero-order valence-corrected chi connectivity index (χ0v) is 12.4. The lowest BCUT2D eigenvalue weighted by atomic mass is 10.1. The standard InChI is InChI=1S/C16H23F2NO2/c1-2-8-20-12-14-6-7-19(11-14)10-13-4-3-5-15(9-13)21-16(17)18/h3-5,9,14,16H,2,6-8,10-12H2,1H3/t14-/m1/s1. The van der Waals surface area contributed by atoms with Crippen LogP contribution in [0.2, 0.25) is 0 Å². The van der Waals surface area contributed by atoms with E-state index in [1.54, 1.807) is 18.2 Å². The van der Waals surface area contributed by atoms with Gasteiger partial charge in [-0.3, -0.25) is 4.90 Å². The number of hydrogen-bond donors (Lipinski definition) is 0. The van der Waals surface area contributed by atoms with Crippen LogP contribution in [0, 0.1) is 5.92 Å². The lowest BCUT2D eigenvalue weighted by Gasteiger charge is -2.16. The van der Waals surface area contributed by atoms with Gasteiger partial charge in [0.25, 0.3) is 0 Å². The van der Waals surface area contributed by atoms with Crippen LogP contribution in [0.15, 0.2) is 24.3 Å². The number of ether oxygens (including phenoxy) is 2. The van der Waals surface area contributed by atoms with Crippen molar-refractivity contribution >= 4 is 0 Å². The Morgan fingerprint density at radius 1 is 1.38 bits per heavy atom. The van der Waals surface area contributed by atoms with E-state index in [0.29, 0.717) is 5.92 Å². The molecule has 0 radical (unpaired) electrons. The Kier molecular flexibility index (Phi) is 6.39. The van der Waals surface area contributed by atoms with Gasteiger partial charge in [-0.2, -0.15) is 8.78 Å². The summed E-state index contributed by atoms with van der Waals surface area (Å²) in [6.45, 7) is 3.78. The average molecular weight is 299 g/mol.